The van der Waals surface area contributed by atoms with E-state index in [0.29, 0.717) is 6.42 Å². The maximum atomic E-state index is 11.9. The van der Waals surface area contributed by atoms with Crippen molar-refractivity contribution >= 4 is 20.4 Å². The molecule has 0 aromatic carbocycles. The minimum atomic E-state index is -1.87. The van der Waals surface area contributed by atoms with E-state index in [4.69, 9.17) is 4.43 Å². The van der Waals surface area contributed by atoms with Crippen LogP contribution in [0.15, 0.2) is 4.99 Å². The van der Waals surface area contributed by atoms with Gasteiger partial charge in [-0.05, 0) is 39.9 Å². The van der Waals surface area contributed by atoms with Crippen LogP contribution in [0.1, 0.15) is 20.3 Å². The fourth-order valence-corrected chi connectivity index (χ4v) is 2.37. The highest BCUT2D eigenvalue weighted by atomic mass is 28.4. The molecule has 84 valence electrons. The molecule has 0 amide bonds. The van der Waals surface area contributed by atoms with Crippen molar-refractivity contribution in [2.24, 2.45) is 10.4 Å². The standard InChI is InChI=1S/C10H17NO3Si/c1-9(6-10(9,2)11-7-12)8(13)14-15(3,4)5/h6H2,1-5H3/t9-,10+/m1/s1. The van der Waals surface area contributed by atoms with Gasteiger partial charge < -0.3 is 4.43 Å². The average molecular weight is 227 g/mol. The molecule has 4 nitrogen and oxygen atoms in total. The summed E-state index contributed by atoms with van der Waals surface area (Å²) >= 11 is 0. The third kappa shape index (κ3) is 2.18. The van der Waals surface area contributed by atoms with Gasteiger partial charge in [0.1, 0.15) is 0 Å². The lowest BCUT2D eigenvalue weighted by atomic mass is 10.0. The summed E-state index contributed by atoms with van der Waals surface area (Å²) in [6.45, 7) is 9.44. The van der Waals surface area contributed by atoms with Crippen LogP contribution in [0.5, 0.6) is 0 Å². The van der Waals surface area contributed by atoms with Gasteiger partial charge in [-0.25, -0.2) is 4.79 Å². The summed E-state index contributed by atoms with van der Waals surface area (Å²) < 4.78 is 5.42. The molecule has 15 heavy (non-hydrogen) atoms. The Morgan fingerprint density at radius 2 is 1.93 bits per heavy atom. The minimum absolute atomic E-state index is 0.233. The quantitative estimate of drug-likeness (QED) is 0.420. The zero-order valence-electron chi connectivity index (χ0n) is 9.88. The molecule has 1 rings (SSSR count). The zero-order valence-corrected chi connectivity index (χ0v) is 10.9. The number of carbonyl (C=O) groups excluding carboxylic acids is 2. The second-order valence-corrected chi connectivity index (χ2v) is 9.92. The Morgan fingerprint density at radius 3 is 2.33 bits per heavy atom. The van der Waals surface area contributed by atoms with Crippen molar-refractivity contribution < 1.29 is 14.0 Å². The first-order valence-electron chi connectivity index (χ1n) is 4.97. The van der Waals surface area contributed by atoms with Crippen LogP contribution >= 0.6 is 0 Å². The second kappa shape index (κ2) is 3.28. The number of rotatable bonds is 3. The van der Waals surface area contributed by atoms with E-state index in [2.05, 4.69) is 4.99 Å². The van der Waals surface area contributed by atoms with E-state index in [0.717, 1.165) is 0 Å². The van der Waals surface area contributed by atoms with Crippen LogP contribution in [0.25, 0.3) is 0 Å². The first-order valence-corrected chi connectivity index (χ1v) is 8.38. The van der Waals surface area contributed by atoms with Crippen molar-refractivity contribution in [3.8, 4) is 0 Å². The molecule has 0 aromatic heterocycles. The number of carbonyl (C=O) groups is 1. The molecular formula is C10H17NO3Si. The lowest BCUT2D eigenvalue weighted by molar-refractivity contribution is -0.141. The Hall–Kier alpha value is -0.933. The summed E-state index contributed by atoms with van der Waals surface area (Å²) in [6, 6.07) is 0. The van der Waals surface area contributed by atoms with Gasteiger partial charge in [-0.3, -0.25) is 4.79 Å². The number of hydrogen-bond acceptors (Lipinski definition) is 4. The van der Waals surface area contributed by atoms with E-state index < -0.39 is 19.3 Å². The molecule has 0 radical (unpaired) electrons. The Kier molecular flexibility index (Phi) is 2.66. The third-order valence-electron chi connectivity index (χ3n) is 2.90. The van der Waals surface area contributed by atoms with Gasteiger partial charge >= 0.3 is 5.97 Å². The maximum Gasteiger partial charge on any atom is 0.301 e. The summed E-state index contributed by atoms with van der Waals surface area (Å²) in [7, 11) is -1.87. The fourth-order valence-electron chi connectivity index (χ4n) is 1.59. The van der Waals surface area contributed by atoms with Crippen molar-refractivity contribution in [1.29, 1.82) is 0 Å². The van der Waals surface area contributed by atoms with Crippen molar-refractivity contribution in [1.82, 2.24) is 0 Å². The molecule has 1 aliphatic rings. The highest BCUT2D eigenvalue weighted by molar-refractivity contribution is 6.71. The van der Waals surface area contributed by atoms with Gasteiger partial charge in [-0.1, -0.05) is 0 Å². The van der Waals surface area contributed by atoms with Crippen LogP contribution in [-0.2, 0) is 14.0 Å². The van der Waals surface area contributed by atoms with Gasteiger partial charge in [0.25, 0.3) is 0 Å². The van der Waals surface area contributed by atoms with Gasteiger partial charge in [0.2, 0.25) is 14.4 Å². The summed E-state index contributed by atoms with van der Waals surface area (Å²) in [6.07, 6.45) is 2.09. The normalized spacial score (nSPS) is 34.2. The van der Waals surface area contributed by atoms with Crippen LogP contribution in [-0.4, -0.2) is 25.9 Å². The molecule has 1 saturated carbocycles. The molecule has 2 atom stereocenters. The van der Waals surface area contributed by atoms with E-state index in [1.54, 1.807) is 13.8 Å². The maximum absolute atomic E-state index is 11.9. The number of nitrogens with zero attached hydrogens (tertiary/aromatic N) is 1. The monoisotopic (exact) mass is 227 g/mol. The number of aliphatic imine (C=N–C) groups is 1. The zero-order chi connectivity index (χ0) is 11.9. The molecular weight excluding hydrogens is 210 g/mol. The number of hydrogen-bond donors (Lipinski definition) is 0. The average Bonchev–Trinajstić information content (AvgIpc) is 2.52. The predicted molar refractivity (Wildman–Crippen MR) is 58.7 cm³/mol. The molecule has 0 saturated heterocycles. The van der Waals surface area contributed by atoms with E-state index in [-0.39, 0.29) is 5.97 Å². The van der Waals surface area contributed by atoms with Crippen LogP contribution in [0.3, 0.4) is 0 Å². The van der Waals surface area contributed by atoms with Crippen molar-refractivity contribution in [2.45, 2.75) is 45.4 Å². The fraction of sp³-hybridized carbons (Fsp3) is 0.800. The largest absolute Gasteiger partial charge is 0.519 e. The Labute approximate surface area is 90.9 Å². The van der Waals surface area contributed by atoms with Crippen molar-refractivity contribution in [3.63, 3.8) is 0 Å². The third-order valence-corrected chi connectivity index (χ3v) is 3.70. The second-order valence-electron chi connectivity index (χ2n) is 5.49. The smallest absolute Gasteiger partial charge is 0.301 e. The van der Waals surface area contributed by atoms with Crippen molar-refractivity contribution in [3.05, 3.63) is 0 Å². The molecule has 1 aliphatic carbocycles. The van der Waals surface area contributed by atoms with E-state index >= 15 is 0 Å². The molecule has 0 spiro atoms. The summed E-state index contributed by atoms with van der Waals surface area (Å²) in [4.78, 5) is 25.8. The van der Waals surface area contributed by atoms with Gasteiger partial charge in [0.15, 0.2) is 0 Å². The molecule has 1 fully saturated rings. The van der Waals surface area contributed by atoms with E-state index in [9.17, 15) is 9.59 Å². The Morgan fingerprint density at radius 1 is 1.40 bits per heavy atom. The first-order chi connectivity index (χ1) is 6.65. The molecule has 0 N–H and O–H groups in total. The molecule has 0 aromatic rings. The highest BCUT2D eigenvalue weighted by Crippen LogP contribution is 2.59. The molecule has 5 heteroatoms. The summed E-state index contributed by atoms with van der Waals surface area (Å²) in [5.74, 6) is -0.233. The van der Waals surface area contributed by atoms with Gasteiger partial charge in [0.05, 0.1) is 11.0 Å². The molecule has 0 heterocycles. The van der Waals surface area contributed by atoms with Gasteiger partial charge in [0, 0.05) is 0 Å². The lowest BCUT2D eigenvalue weighted by Crippen LogP contribution is -2.35. The topological polar surface area (TPSA) is 55.7 Å². The van der Waals surface area contributed by atoms with E-state index in [1.165, 1.54) is 6.08 Å². The summed E-state index contributed by atoms with van der Waals surface area (Å²) in [5.41, 5.74) is -1.24. The minimum Gasteiger partial charge on any atom is -0.519 e. The number of isocyanates is 1. The van der Waals surface area contributed by atoms with Crippen LogP contribution in [0.2, 0.25) is 19.6 Å². The van der Waals surface area contributed by atoms with Crippen LogP contribution in [0.4, 0.5) is 0 Å². The van der Waals surface area contributed by atoms with Crippen molar-refractivity contribution in [2.75, 3.05) is 0 Å². The first kappa shape index (κ1) is 12.1. The SMILES string of the molecule is C[C@]1(N=C=O)C[C@]1(C)C(=O)O[Si](C)(C)C. The lowest BCUT2D eigenvalue weighted by Gasteiger charge is -2.21. The Bertz CT molecular complexity index is 343. The molecule has 0 unspecified atom stereocenters. The van der Waals surface area contributed by atoms with Gasteiger partial charge in [-0.15, -0.1) is 0 Å². The predicted octanol–water partition coefficient (Wildman–Crippen LogP) is 1.87. The molecule has 0 aliphatic heterocycles. The summed E-state index contributed by atoms with van der Waals surface area (Å²) in [5, 5.41) is 0. The highest BCUT2D eigenvalue weighted by Gasteiger charge is 2.68. The molecule has 0 bridgehead atoms. The van der Waals surface area contributed by atoms with Crippen LogP contribution < -0.4 is 0 Å². The Balaban J connectivity index is 2.76. The van der Waals surface area contributed by atoms with Crippen LogP contribution in [0, 0.1) is 5.41 Å². The van der Waals surface area contributed by atoms with Gasteiger partial charge in [-0.2, -0.15) is 4.99 Å². The van der Waals surface area contributed by atoms with E-state index in [1.807, 2.05) is 19.6 Å².